The Labute approximate surface area is 142 Å². The molecule has 5 nitrogen and oxygen atoms in total. The second-order valence-electron chi connectivity index (χ2n) is 6.30. The minimum atomic E-state index is -0.858. The molecule has 1 aliphatic carbocycles. The van der Waals surface area contributed by atoms with Gasteiger partial charge in [-0.1, -0.05) is 13.0 Å². The Morgan fingerprint density at radius 3 is 2.83 bits per heavy atom. The molecule has 1 unspecified atom stereocenters. The average Bonchev–Trinajstić information content (AvgIpc) is 2.62. The second kappa shape index (κ2) is 7.53. The molecule has 2 N–H and O–H groups in total. The molecule has 0 radical (unpaired) electrons. The summed E-state index contributed by atoms with van der Waals surface area (Å²) >= 11 is 0. The number of nitrogens with one attached hydrogen (secondary N) is 1. The minimum Gasteiger partial charge on any atom is -0.478 e. The van der Waals surface area contributed by atoms with Gasteiger partial charge >= 0.3 is 5.97 Å². The van der Waals surface area contributed by atoms with Gasteiger partial charge in [-0.2, -0.15) is 0 Å². The molecule has 126 valence electrons. The highest BCUT2D eigenvalue weighted by atomic mass is 16.4. The molecule has 24 heavy (non-hydrogen) atoms. The number of nitrogens with zero attached hydrogens (tertiary/aromatic N) is 2. The van der Waals surface area contributed by atoms with Crippen LogP contribution < -0.4 is 5.32 Å². The molecule has 2 aromatic rings. The van der Waals surface area contributed by atoms with Crippen LogP contribution in [0.25, 0.3) is 0 Å². The first kappa shape index (κ1) is 16.6. The van der Waals surface area contributed by atoms with Gasteiger partial charge in [-0.15, -0.1) is 0 Å². The molecular formula is C19H23N3O2. The Morgan fingerprint density at radius 1 is 1.33 bits per heavy atom. The Balaban J connectivity index is 1.64. The van der Waals surface area contributed by atoms with Crippen molar-refractivity contribution < 1.29 is 9.90 Å². The normalized spacial score (nSPS) is 16.6. The van der Waals surface area contributed by atoms with Gasteiger partial charge in [0.05, 0.1) is 5.56 Å². The standard InChI is InChI=1S/C19H23N3O2/c1-2-18-21-10-13(11-22-18)9-20-12-16-5-3-4-14-6-7-15(19(23)24)8-17(14)16/h6-8,10-11,16,20H,2-5,9,12H2,1H3,(H,23,24). The summed E-state index contributed by atoms with van der Waals surface area (Å²) in [6.45, 7) is 3.61. The average molecular weight is 325 g/mol. The van der Waals surface area contributed by atoms with Crippen molar-refractivity contribution in [2.45, 2.75) is 45.1 Å². The van der Waals surface area contributed by atoms with Crippen LogP contribution in [-0.2, 0) is 19.4 Å². The molecule has 1 aromatic heterocycles. The van der Waals surface area contributed by atoms with Crippen molar-refractivity contribution in [2.24, 2.45) is 0 Å². The van der Waals surface area contributed by atoms with Gasteiger partial charge in [-0.05, 0) is 48.4 Å². The monoisotopic (exact) mass is 325 g/mol. The highest BCUT2D eigenvalue weighted by Crippen LogP contribution is 2.32. The third kappa shape index (κ3) is 3.79. The van der Waals surface area contributed by atoms with Gasteiger partial charge in [0, 0.05) is 37.5 Å². The topological polar surface area (TPSA) is 75.1 Å². The van der Waals surface area contributed by atoms with Crippen molar-refractivity contribution >= 4 is 5.97 Å². The predicted molar refractivity (Wildman–Crippen MR) is 92.2 cm³/mol. The summed E-state index contributed by atoms with van der Waals surface area (Å²) in [5.41, 5.74) is 3.92. The van der Waals surface area contributed by atoms with Gasteiger partial charge < -0.3 is 10.4 Å². The number of rotatable bonds is 6. The third-order valence-electron chi connectivity index (χ3n) is 4.63. The van der Waals surface area contributed by atoms with Crippen LogP contribution in [0.15, 0.2) is 30.6 Å². The first-order valence-corrected chi connectivity index (χ1v) is 8.54. The summed E-state index contributed by atoms with van der Waals surface area (Å²) in [5.74, 6) is 0.369. The number of aromatic carboxylic acids is 1. The van der Waals surface area contributed by atoms with Crippen LogP contribution in [0.5, 0.6) is 0 Å². The van der Waals surface area contributed by atoms with Crippen LogP contribution in [0, 0.1) is 0 Å². The Hall–Kier alpha value is -2.27. The fourth-order valence-electron chi connectivity index (χ4n) is 3.29. The number of carbonyl (C=O) groups is 1. The zero-order valence-electron chi connectivity index (χ0n) is 14.0. The summed E-state index contributed by atoms with van der Waals surface area (Å²) in [7, 11) is 0. The Kier molecular flexibility index (Phi) is 5.20. The molecule has 0 fully saturated rings. The largest absolute Gasteiger partial charge is 0.478 e. The SMILES string of the molecule is CCc1ncc(CNCC2CCCc3ccc(C(=O)O)cc32)cn1. The Morgan fingerprint density at radius 2 is 2.12 bits per heavy atom. The summed E-state index contributed by atoms with van der Waals surface area (Å²) in [4.78, 5) is 19.8. The van der Waals surface area contributed by atoms with Crippen molar-refractivity contribution in [2.75, 3.05) is 6.54 Å². The third-order valence-corrected chi connectivity index (χ3v) is 4.63. The summed E-state index contributed by atoms with van der Waals surface area (Å²) in [6, 6.07) is 5.54. The van der Waals surface area contributed by atoms with Crippen molar-refractivity contribution in [1.82, 2.24) is 15.3 Å². The van der Waals surface area contributed by atoms with Crippen molar-refractivity contribution in [3.05, 3.63) is 58.7 Å². The number of benzene rings is 1. The number of fused-ring (bicyclic) bond motifs is 1. The molecule has 1 aliphatic rings. The first-order chi connectivity index (χ1) is 11.7. The molecule has 0 spiro atoms. The summed E-state index contributed by atoms with van der Waals surface area (Å²) < 4.78 is 0. The number of carboxylic acids is 1. The highest BCUT2D eigenvalue weighted by molar-refractivity contribution is 5.88. The Bertz CT molecular complexity index is 713. The van der Waals surface area contributed by atoms with E-state index in [9.17, 15) is 9.90 Å². The highest BCUT2D eigenvalue weighted by Gasteiger charge is 2.21. The van der Waals surface area contributed by atoms with E-state index in [1.807, 2.05) is 31.5 Å². The van der Waals surface area contributed by atoms with Crippen LogP contribution >= 0.6 is 0 Å². The summed E-state index contributed by atoms with van der Waals surface area (Å²) in [6.07, 6.45) is 7.87. The number of aromatic nitrogens is 2. The first-order valence-electron chi connectivity index (χ1n) is 8.54. The van der Waals surface area contributed by atoms with Crippen LogP contribution in [0.1, 0.15) is 58.6 Å². The fraction of sp³-hybridized carbons (Fsp3) is 0.421. The van der Waals surface area contributed by atoms with Gasteiger partial charge in [0.2, 0.25) is 0 Å². The van der Waals surface area contributed by atoms with E-state index >= 15 is 0 Å². The smallest absolute Gasteiger partial charge is 0.335 e. The van der Waals surface area contributed by atoms with Crippen molar-refractivity contribution in [3.8, 4) is 0 Å². The van der Waals surface area contributed by atoms with Gasteiger partial charge in [0.1, 0.15) is 5.82 Å². The van der Waals surface area contributed by atoms with E-state index in [0.717, 1.165) is 50.2 Å². The molecule has 3 rings (SSSR count). The van der Waals surface area contributed by atoms with E-state index in [4.69, 9.17) is 0 Å². The number of aryl methyl sites for hydroxylation is 2. The maximum Gasteiger partial charge on any atom is 0.335 e. The molecule has 1 heterocycles. The molecular weight excluding hydrogens is 302 g/mol. The van der Waals surface area contributed by atoms with Crippen LogP contribution in [0.2, 0.25) is 0 Å². The maximum absolute atomic E-state index is 11.2. The van der Waals surface area contributed by atoms with E-state index in [-0.39, 0.29) is 0 Å². The van der Waals surface area contributed by atoms with Gasteiger partial charge in [0.15, 0.2) is 0 Å². The molecule has 0 aliphatic heterocycles. The van der Waals surface area contributed by atoms with Gasteiger partial charge in [-0.25, -0.2) is 14.8 Å². The molecule has 5 heteroatoms. The van der Waals surface area contributed by atoms with Crippen molar-refractivity contribution in [3.63, 3.8) is 0 Å². The molecule has 0 saturated heterocycles. The predicted octanol–water partition coefficient (Wildman–Crippen LogP) is 2.95. The zero-order chi connectivity index (χ0) is 16.9. The van der Waals surface area contributed by atoms with E-state index in [1.165, 1.54) is 11.1 Å². The lowest BCUT2D eigenvalue weighted by atomic mass is 9.82. The number of hydrogen-bond donors (Lipinski definition) is 2. The summed E-state index contributed by atoms with van der Waals surface area (Å²) in [5, 5.41) is 12.7. The lowest BCUT2D eigenvalue weighted by molar-refractivity contribution is 0.0696. The van der Waals surface area contributed by atoms with E-state index in [0.29, 0.717) is 11.5 Å². The number of carboxylic acid groups (broad SMARTS) is 1. The number of hydrogen-bond acceptors (Lipinski definition) is 4. The van der Waals surface area contributed by atoms with Crippen molar-refractivity contribution in [1.29, 1.82) is 0 Å². The molecule has 0 amide bonds. The molecule has 0 saturated carbocycles. The lowest BCUT2D eigenvalue weighted by Gasteiger charge is -2.26. The zero-order valence-corrected chi connectivity index (χ0v) is 14.0. The van der Waals surface area contributed by atoms with Crippen LogP contribution in [0.4, 0.5) is 0 Å². The van der Waals surface area contributed by atoms with Crippen LogP contribution in [-0.4, -0.2) is 27.6 Å². The molecule has 0 bridgehead atoms. The van der Waals surface area contributed by atoms with E-state index in [1.54, 1.807) is 6.07 Å². The molecule has 1 aromatic carbocycles. The fourth-order valence-corrected chi connectivity index (χ4v) is 3.29. The van der Waals surface area contributed by atoms with E-state index in [2.05, 4.69) is 15.3 Å². The second-order valence-corrected chi connectivity index (χ2v) is 6.30. The maximum atomic E-state index is 11.2. The molecule has 1 atom stereocenters. The quantitative estimate of drug-likeness (QED) is 0.854. The van der Waals surface area contributed by atoms with E-state index < -0.39 is 5.97 Å². The van der Waals surface area contributed by atoms with Gasteiger partial charge in [0.25, 0.3) is 0 Å². The van der Waals surface area contributed by atoms with Crippen LogP contribution in [0.3, 0.4) is 0 Å². The minimum absolute atomic E-state index is 0.365. The van der Waals surface area contributed by atoms with Gasteiger partial charge in [-0.3, -0.25) is 0 Å². The lowest BCUT2D eigenvalue weighted by Crippen LogP contribution is -2.24.